The van der Waals surface area contributed by atoms with E-state index in [1.54, 1.807) is 6.20 Å². The van der Waals surface area contributed by atoms with Gasteiger partial charge in [-0.2, -0.15) is 0 Å². The lowest BCUT2D eigenvalue weighted by molar-refractivity contribution is 0.0679. The molecule has 0 aromatic carbocycles. The number of amidine groups is 1. The van der Waals surface area contributed by atoms with Gasteiger partial charge in [0.1, 0.15) is 11.5 Å². The molecule has 0 aliphatic carbocycles. The van der Waals surface area contributed by atoms with E-state index in [1.165, 1.54) is 0 Å². The summed E-state index contributed by atoms with van der Waals surface area (Å²) in [4.78, 5) is 6.21. The maximum absolute atomic E-state index is 8.03. The first-order valence-corrected chi connectivity index (χ1v) is 5.11. The van der Waals surface area contributed by atoms with Gasteiger partial charge in [-0.05, 0) is 24.6 Å². The first-order chi connectivity index (χ1) is 7.27. The third kappa shape index (κ3) is 2.33. The van der Waals surface area contributed by atoms with Crippen LogP contribution in [-0.2, 0) is 4.74 Å². The summed E-state index contributed by atoms with van der Waals surface area (Å²) >= 11 is 0. The molecule has 0 spiro atoms. The number of ether oxygens (including phenoxy) is 1. The Morgan fingerprint density at radius 3 is 2.87 bits per heavy atom. The summed E-state index contributed by atoms with van der Waals surface area (Å²) in [7, 11) is 0. The molecule has 1 aromatic rings. The molecular weight excluding hydrogens is 190 g/mol. The van der Waals surface area contributed by atoms with E-state index in [0.29, 0.717) is 19.0 Å². The van der Waals surface area contributed by atoms with E-state index >= 15 is 0 Å². The Kier molecular flexibility index (Phi) is 2.97. The zero-order valence-corrected chi connectivity index (χ0v) is 8.86. The van der Waals surface area contributed by atoms with E-state index in [4.69, 9.17) is 10.1 Å². The van der Waals surface area contributed by atoms with E-state index < -0.39 is 0 Å². The Morgan fingerprint density at radius 2 is 2.20 bits per heavy atom. The van der Waals surface area contributed by atoms with Crippen molar-refractivity contribution in [2.24, 2.45) is 0 Å². The van der Waals surface area contributed by atoms with Gasteiger partial charge in [-0.15, -0.1) is 0 Å². The van der Waals surface area contributed by atoms with Crippen LogP contribution < -0.4 is 0 Å². The topological polar surface area (TPSA) is 49.2 Å². The molecule has 0 amide bonds. The fraction of sp³-hybridized carbons (Fsp3) is 0.455. The predicted octanol–water partition coefficient (Wildman–Crippen LogP) is 1.05. The lowest BCUT2D eigenvalue weighted by atomic mass is 10.2. The van der Waals surface area contributed by atoms with Crippen molar-refractivity contribution in [1.82, 2.24) is 9.88 Å². The van der Waals surface area contributed by atoms with E-state index in [9.17, 15) is 0 Å². The van der Waals surface area contributed by atoms with Crippen LogP contribution >= 0.6 is 0 Å². The molecule has 1 aromatic heterocycles. The van der Waals surface area contributed by atoms with Crippen molar-refractivity contribution < 1.29 is 4.74 Å². The molecule has 2 rings (SSSR count). The molecule has 0 bridgehead atoms. The predicted molar refractivity (Wildman–Crippen MR) is 58.2 cm³/mol. The molecule has 0 saturated carbocycles. The van der Waals surface area contributed by atoms with Crippen molar-refractivity contribution in [3.05, 3.63) is 29.6 Å². The second kappa shape index (κ2) is 4.40. The van der Waals surface area contributed by atoms with Gasteiger partial charge >= 0.3 is 0 Å². The van der Waals surface area contributed by atoms with E-state index in [2.05, 4.69) is 4.98 Å². The number of nitrogens with one attached hydrogen (secondary N) is 1. The number of hydrogen-bond acceptors (Lipinski definition) is 3. The smallest absolute Gasteiger partial charge is 0.147 e. The molecule has 0 unspecified atom stereocenters. The zero-order valence-electron chi connectivity index (χ0n) is 8.86. The zero-order chi connectivity index (χ0) is 10.7. The lowest BCUT2D eigenvalue weighted by Crippen LogP contribution is -2.41. The molecule has 4 nitrogen and oxygen atoms in total. The minimum Gasteiger partial charge on any atom is -0.378 e. The van der Waals surface area contributed by atoms with Crippen molar-refractivity contribution in [1.29, 1.82) is 5.41 Å². The average molecular weight is 205 g/mol. The second-order valence-electron chi connectivity index (χ2n) is 3.67. The summed E-state index contributed by atoms with van der Waals surface area (Å²) in [5, 5.41) is 8.03. The van der Waals surface area contributed by atoms with Crippen LogP contribution in [0.1, 0.15) is 11.3 Å². The highest BCUT2D eigenvalue weighted by Gasteiger charge is 2.15. The van der Waals surface area contributed by atoms with Gasteiger partial charge < -0.3 is 9.64 Å². The summed E-state index contributed by atoms with van der Waals surface area (Å²) in [6, 6.07) is 3.88. The average Bonchev–Trinajstić information content (AvgIpc) is 2.29. The van der Waals surface area contributed by atoms with Gasteiger partial charge in [0.25, 0.3) is 0 Å². The summed E-state index contributed by atoms with van der Waals surface area (Å²) < 4.78 is 5.25. The highest BCUT2D eigenvalue weighted by molar-refractivity contribution is 5.94. The Morgan fingerprint density at radius 1 is 1.47 bits per heavy atom. The summed E-state index contributed by atoms with van der Waals surface area (Å²) in [6.45, 7) is 4.99. The Balaban J connectivity index is 2.12. The number of rotatable bonds is 1. The molecule has 1 N–H and O–H groups in total. The van der Waals surface area contributed by atoms with Gasteiger partial charge in [0, 0.05) is 19.3 Å². The van der Waals surface area contributed by atoms with Gasteiger partial charge in [-0.3, -0.25) is 10.4 Å². The molecular formula is C11H15N3O. The molecule has 15 heavy (non-hydrogen) atoms. The van der Waals surface area contributed by atoms with Crippen LogP contribution in [0.3, 0.4) is 0 Å². The Labute approximate surface area is 89.4 Å². The van der Waals surface area contributed by atoms with Crippen molar-refractivity contribution in [2.75, 3.05) is 26.3 Å². The monoisotopic (exact) mass is 205 g/mol. The molecule has 80 valence electrons. The normalized spacial score (nSPS) is 16.5. The van der Waals surface area contributed by atoms with Gasteiger partial charge in [0.15, 0.2) is 0 Å². The number of aromatic nitrogens is 1. The maximum Gasteiger partial charge on any atom is 0.147 e. The fourth-order valence-electron chi connectivity index (χ4n) is 1.61. The fourth-order valence-corrected chi connectivity index (χ4v) is 1.61. The van der Waals surface area contributed by atoms with Crippen LogP contribution in [0.4, 0.5) is 0 Å². The van der Waals surface area contributed by atoms with Crippen molar-refractivity contribution >= 4 is 5.84 Å². The SMILES string of the molecule is Cc1ccnc(C(=N)N2CCOCC2)c1. The first kappa shape index (κ1) is 10.1. The highest BCUT2D eigenvalue weighted by atomic mass is 16.5. The van der Waals surface area contributed by atoms with Gasteiger partial charge in [0.2, 0.25) is 0 Å². The second-order valence-corrected chi connectivity index (χ2v) is 3.67. The molecule has 0 atom stereocenters. The van der Waals surface area contributed by atoms with Crippen LogP contribution in [-0.4, -0.2) is 42.0 Å². The molecule has 1 fully saturated rings. The Bertz CT molecular complexity index is 359. The van der Waals surface area contributed by atoms with Crippen molar-refractivity contribution in [3.8, 4) is 0 Å². The van der Waals surface area contributed by atoms with Crippen LogP contribution in [0.15, 0.2) is 18.3 Å². The number of morpholine rings is 1. The van der Waals surface area contributed by atoms with E-state index in [0.717, 1.165) is 24.3 Å². The molecule has 1 saturated heterocycles. The van der Waals surface area contributed by atoms with Crippen LogP contribution in [0.2, 0.25) is 0 Å². The number of aryl methyl sites for hydroxylation is 1. The minimum absolute atomic E-state index is 0.502. The van der Waals surface area contributed by atoms with E-state index in [1.807, 2.05) is 24.0 Å². The van der Waals surface area contributed by atoms with Crippen LogP contribution in [0, 0.1) is 12.3 Å². The summed E-state index contributed by atoms with van der Waals surface area (Å²) in [5.74, 6) is 0.502. The highest BCUT2D eigenvalue weighted by Crippen LogP contribution is 2.06. The van der Waals surface area contributed by atoms with Crippen LogP contribution in [0.5, 0.6) is 0 Å². The lowest BCUT2D eigenvalue weighted by Gasteiger charge is -2.28. The summed E-state index contributed by atoms with van der Waals surface area (Å²) in [5.41, 5.74) is 1.88. The molecule has 4 heteroatoms. The molecule has 1 aliphatic rings. The largest absolute Gasteiger partial charge is 0.378 e. The molecule has 2 heterocycles. The van der Waals surface area contributed by atoms with Gasteiger partial charge in [-0.1, -0.05) is 0 Å². The van der Waals surface area contributed by atoms with Crippen molar-refractivity contribution in [3.63, 3.8) is 0 Å². The quantitative estimate of drug-likeness (QED) is 0.550. The van der Waals surface area contributed by atoms with Crippen LogP contribution in [0.25, 0.3) is 0 Å². The minimum atomic E-state index is 0.502. The van der Waals surface area contributed by atoms with Crippen molar-refractivity contribution in [2.45, 2.75) is 6.92 Å². The van der Waals surface area contributed by atoms with Gasteiger partial charge in [0.05, 0.1) is 13.2 Å². The third-order valence-electron chi connectivity index (χ3n) is 2.49. The summed E-state index contributed by atoms with van der Waals surface area (Å²) in [6.07, 6.45) is 1.75. The Hall–Kier alpha value is -1.42. The van der Waals surface area contributed by atoms with E-state index in [-0.39, 0.29) is 0 Å². The first-order valence-electron chi connectivity index (χ1n) is 5.11. The third-order valence-corrected chi connectivity index (χ3v) is 2.49. The number of hydrogen-bond donors (Lipinski definition) is 1. The molecule has 1 aliphatic heterocycles. The molecule has 0 radical (unpaired) electrons. The standard InChI is InChI=1S/C11H15N3O/c1-9-2-3-13-10(8-9)11(12)14-4-6-15-7-5-14/h2-3,8,12H,4-7H2,1H3. The number of pyridine rings is 1. The van der Waals surface area contributed by atoms with Gasteiger partial charge in [-0.25, -0.2) is 0 Å². The maximum atomic E-state index is 8.03. The number of nitrogens with zero attached hydrogens (tertiary/aromatic N) is 2.